The number of hydrogen-bond acceptors (Lipinski definition) is 5. The van der Waals surface area contributed by atoms with Crippen LogP contribution in [0, 0.1) is 15.9 Å². The number of hydrogen-bond donors (Lipinski definition) is 3. The molecule has 0 bridgehead atoms. The van der Waals surface area contributed by atoms with Crippen molar-refractivity contribution in [1.82, 2.24) is 0 Å². The first-order valence-electron chi connectivity index (χ1n) is 4.48. The molecule has 8 heteroatoms. The Labute approximate surface area is 94.4 Å². The minimum Gasteiger partial charge on any atom is -0.505 e. The molecule has 0 aliphatic carbocycles. The molecule has 0 fully saturated rings. The van der Waals surface area contributed by atoms with E-state index < -0.39 is 46.2 Å². The van der Waals surface area contributed by atoms with Gasteiger partial charge in [0, 0.05) is 18.2 Å². The van der Waals surface area contributed by atoms with E-state index in [0.29, 0.717) is 6.07 Å². The molecule has 0 aliphatic heterocycles. The normalized spacial score (nSPS) is 12.1. The number of nitrogens with two attached hydrogens (primary N) is 1. The van der Waals surface area contributed by atoms with E-state index in [0.717, 1.165) is 6.07 Å². The van der Waals surface area contributed by atoms with Gasteiger partial charge in [-0.15, -0.1) is 0 Å². The highest BCUT2D eigenvalue weighted by Crippen LogP contribution is 2.32. The Balaban J connectivity index is 3.40. The number of nitrogens with zero attached hydrogens (tertiary/aromatic N) is 1. The van der Waals surface area contributed by atoms with E-state index in [2.05, 4.69) is 0 Å². The van der Waals surface area contributed by atoms with Crippen LogP contribution in [0.4, 0.5) is 10.1 Å². The number of phenols is 1. The minimum absolute atomic E-state index is 0.410. The predicted octanol–water partition coefficient (Wildman–Crippen LogP) is 0.566. The van der Waals surface area contributed by atoms with Crippen LogP contribution in [0.1, 0.15) is 11.5 Å². The van der Waals surface area contributed by atoms with Gasteiger partial charge in [-0.3, -0.25) is 14.9 Å². The zero-order valence-electron chi connectivity index (χ0n) is 8.46. The topological polar surface area (TPSA) is 127 Å². The van der Waals surface area contributed by atoms with Crippen molar-refractivity contribution in [2.45, 2.75) is 5.92 Å². The zero-order valence-corrected chi connectivity index (χ0v) is 8.46. The quantitative estimate of drug-likeness (QED) is 0.524. The lowest BCUT2D eigenvalue weighted by Gasteiger charge is -2.12. The van der Waals surface area contributed by atoms with E-state index in [1.54, 1.807) is 0 Å². The van der Waals surface area contributed by atoms with Gasteiger partial charge in [0.25, 0.3) is 5.69 Å². The average Bonchev–Trinajstić information content (AvgIpc) is 2.24. The second-order valence-corrected chi connectivity index (χ2v) is 3.25. The van der Waals surface area contributed by atoms with Gasteiger partial charge >= 0.3 is 5.97 Å². The molecule has 7 nitrogen and oxygen atoms in total. The second-order valence-electron chi connectivity index (χ2n) is 3.25. The van der Waals surface area contributed by atoms with Crippen LogP contribution in [-0.4, -0.2) is 27.7 Å². The molecule has 0 spiro atoms. The summed E-state index contributed by atoms with van der Waals surface area (Å²) in [5.74, 6) is -4.99. The largest absolute Gasteiger partial charge is 0.505 e. The molecule has 17 heavy (non-hydrogen) atoms. The average molecular weight is 244 g/mol. The maximum absolute atomic E-state index is 13.2. The fraction of sp³-hybridized carbons (Fsp3) is 0.222. The molecule has 1 unspecified atom stereocenters. The summed E-state index contributed by atoms with van der Waals surface area (Å²) >= 11 is 0. The Morgan fingerprint density at radius 2 is 2.18 bits per heavy atom. The van der Waals surface area contributed by atoms with E-state index in [1.165, 1.54) is 0 Å². The SMILES string of the molecule is NCC(C(=O)O)c1cc([N+](=O)[O-])cc(F)c1O. The third-order valence-corrected chi connectivity index (χ3v) is 2.20. The van der Waals surface area contributed by atoms with Gasteiger partial charge in [0.1, 0.15) is 0 Å². The van der Waals surface area contributed by atoms with Crippen molar-refractivity contribution in [2.24, 2.45) is 5.73 Å². The van der Waals surface area contributed by atoms with Gasteiger partial charge in [0.15, 0.2) is 11.6 Å². The van der Waals surface area contributed by atoms with Crippen LogP contribution >= 0.6 is 0 Å². The number of carbonyl (C=O) groups is 1. The first-order chi connectivity index (χ1) is 7.88. The van der Waals surface area contributed by atoms with Crippen LogP contribution in [-0.2, 0) is 4.79 Å². The van der Waals surface area contributed by atoms with E-state index >= 15 is 0 Å². The number of non-ortho nitro benzene ring substituents is 1. The third kappa shape index (κ3) is 2.48. The fourth-order valence-corrected chi connectivity index (χ4v) is 1.34. The molecule has 1 rings (SSSR count). The molecule has 1 aromatic carbocycles. The van der Waals surface area contributed by atoms with Gasteiger partial charge in [-0.2, -0.15) is 0 Å². The Kier molecular flexibility index (Phi) is 3.59. The monoisotopic (exact) mass is 244 g/mol. The lowest BCUT2D eigenvalue weighted by atomic mass is 9.97. The maximum Gasteiger partial charge on any atom is 0.312 e. The van der Waals surface area contributed by atoms with E-state index in [-0.39, 0.29) is 0 Å². The summed E-state index contributed by atoms with van der Waals surface area (Å²) in [5.41, 5.74) is 4.11. The van der Waals surface area contributed by atoms with Crippen LogP contribution in [0.2, 0.25) is 0 Å². The van der Waals surface area contributed by atoms with Gasteiger partial charge < -0.3 is 15.9 Å². The molecule has 0 heterocycles. The Morgan fingerprint density at radius 1 is 1.59 bits per heavy atom. The summed E-state index contributed by atoms with van der Waals surface area (Å²) in [7, 11) is 0. The standard InChI is InChI=1S/C9H9FN2O5/c10-7-2-4(12(16)17)1-5(8(7)13)6(3-11)9(14)15/h1-2,6,13H,3,11H2,(H,14,15). The van der Waals surface area contributed by atoms with E-state index in [9.17, 15) is 24.4 Å². The van der Waals surface area contributed by atoms with E-state index in [4.69, 9.17) is 10.8 Å². The van der Waals surface area contributed by atoms with Gasteiger partial charge in [-0.1, -0.05) is 0 Å². The van der Waals surface area contributed by atoms with Gasteiger partial charge in [0.05, 0.1) is 16.9 Å². The van der Waals surface area contributed by atoms with Crippen LogP contribution < -0.4 is 5.73 Å². The third-order valence-electron chi connectivity index (χ3n) is 2.20. The zero-order chi connectivity index (χ0) is 13.2. The van der Waals surface area contributed by atoms with Crippen LogP contribution in [0.25, 0.3) is 0 Å². The highest BCUT2D eigenvalue weighted by atomic mass is 19.1. The van der Waals surface area contributed by atoms with Gasteiger partial charge in [-0.25, -0.2) is 4.39 Å². The Morgan fingerprint density at radius 3 is 2.59 bits per heavy atom. The minimum atomic E-state index is -1.40. The summed E-state index contributed by atoms with van der Waals surface area (Å²) in [5, 5.41) is 28.6. The van der Waals surface area contributed by atoms with Crippen molar-refractivity contribution in [1.29, 1.82) is 0 Å². The molecule has 0 saturated carbocycles. The summed E-state index contributed by atoms with van der Waals surface area (Å²) in [6, 6.07) is 1.30. The number of nitro benzene ring substituents is 1. The molecular weight excluding hydrogens is 235 g/mol. The summed E-state index contributed by atoms with van der Waals surface area (Å²) in [4.78, 5) is 20.4. The number of nitro groups is 1. The van der Waals surface area contributed by atoms with Crippen molar-refractivity contribution >= 4 is 11.7 Å². The predicted molar refractivity (Wildman–Crippen MR) is 54.2 cm³/mol. The molecule has 0 amide bonds. The molecule has 0 saturated heterocycles. The Hall–Kier alpha value is -2.22. The van der Waals surface area contributed by atoms with Crippen molar-refractivity contribution in [3.63, 3.8) is 0 Å². The summed E-state index contributed by atoms with van der Waals surface area (Å²) < 4.78 is 13.2. The van der Waals surface area contributed by atoms with Crippen LogP contribution in [0.3, 0.4) is 0 Å². The van der Waals surface area contributed by atoms with Crippen molar-refractivity contribution < 1.29 is 24.3 Å². The number of aromatic hydroxyl groups is 1. The highest BCUT2D eigenvalue weighted by molar-refractivity contribution is 5.78. The van der Waals surface area contributed by atoms with Crippen molar-refractivity contribution in [3.8, 4) is 5.75 Å². The molecular formula is C9H9FN2O5. The molecule has 0 radical (unpaired) electrons. The number of carboxylic acids is 1. The summed E-state index contributed by atoms with van der Waals surface area (Å²) in [6.07, 6.45) is 0. The molecule has 92 valence electrons. The van der Waals surface area contributed by atoms with Gasteiger partial charge in [0.2, 0.25) is 0 Å². The first kappa shape index (κ1) is 12.8. The van der Waals surface area contributed by atoms with Crippen molar-refractivity contribution in [2.75, 3.05) is 6.54 Å². The van der Waals surface area contributed by atoms with Crippen LogP contribution in [0.15, 0.2) is 12.1 Å². The highest BCUT2D eigenvalue weighted by Gasteiger charge is 2.26. The number of halogens is 1. The molecule has 0 aliphatic rings. The second kappa shape index (κ2) is 4.74. The number of benzene rings is 1. The summed E-state index contributed by atoms with van der Waals surface area (Å²) in [6.45, 7) is -0.413. The molecule has 1 atom stereocenters. The van der Waals surface area contributed by atoms with Crippen LogP contribution in [0.5, 0.6) is 5.75 Å². The maximum atomic E-state index is 13.2. The lowest BCUT2D eigenvalue weighted by Crippen LogP contribution is -2.21. The molecule has 4 N–H and O–H groups in total. The Bertz CT molecular complexity index is 477. The fourth-order valence-electron chi connectivity index (χ4n) is 1.34. The number of aliphatic carboxylic acids is 1. The van der Waals surface area contributed by atoms with Gasteiger partial charge in [-0.05, 0) is 0 Å². The molecule has 0 aromatic heterocycles. The number of carboxylic acid groups (broad SMARTS) is 1. The number of rotatable bonds is 4. The first-order valence-corrected chi connectivity index (χ1v) is 4.48. The smallest absolute Gasteiger partial charge is 0.312 e. The lowest BCUT2D eigenvalue weighted by molar-refractivity contribution is -0.385. The van der Waals surface area contributed by atoms with E-state index in [1.807, 2.05) is 0 Å². The molecule has 1 aromatic rings. The number of phenolic OH excluding ortho intramolecular Hbond substituents is 1. The van der Waals surface area contributed by atoms with Crippen molar-refractivity contribution in [3.05, 3.63) is 33.6 Å².